The largest absolute Gasteiger partial charge is 0.507 e. The number of fused-ring (bicyclic) bond motifs is 1. The van der Waals surface area contributed by atoms with Crippen LogP contribution < -0.4 is 10.3 Å². The number of aromatic hydroxyl groups is 1. The van der Waals surface area contributed by atoms with E-state index in [0.717, 1.165) is 17.8 Å². The van der Waals surface area contributed by atoms with Gasteiger partial charge >= 0.3 is 0 Å². The zero-order valence-corrected chi connectivity index (χ0v) is 17.2. The molecule has 0 saturated heterocycles. The molecule has 1 aliphatic rings. The van der Waals surface area contributed by atoms with Gasteiger partial charge < -0.3 is 10.0 Å². The number of likely N-dealkylation sites (N-methyl/N-ethyl adjacent to an activating group) is 1. The lowest BCUT2D eigenvalue weighted by molar-refractivity contribution is 0.0952. The maximum absolute atomic E-state index is 12.1. The third kappa shape index (κ3) is 3.76. The van der Waals surface area contributed by atoms with Crippen LogP contribution in [0, 0.1) is 0 Å². The fourth-order valence-electron chi connectivity index (χ4n) is 3.68. The van der Waals surface area contributed by atoms with Crippen molar-refractivity contribution in [2.75, 3.05) is 11.4 Å². The van der Waals surface area contributed by atoms with Crippen molar-refractivity contribution >= 4 is 35.0 Å². The van der Waals surface area contributed by atoms with Crippen LogP contribution in [0.15, 0.2) is 47.6 Å². The van der Waals surface area contributed by atoms with Crippen LogP contribution in [0.4, 0.5) is 5.69 Å². The van der Waals surface area contributed by atoms with Crippen LogP contribution in [-0.4, -0.2) is 29.3 Å². The molecule has 5 nitrogen and oxygen atoms in total. The molecule has 0 radical (unpaired) electrons. The molecule has 6 heteroatoms. The van der Waals surface area contributed by atoms with Gasteiger partial charge in [-0.05, 0) is 57.5 Å². The fourth-order valence-corrected chi connectivity index (χ4v) is 3.88. The molecule has 0 atom stereocenters. The third-order valence-electron chi connectivity index (χ3n) is 4.93. The average molecular weight is 398 g/mol. The Morgan fingerprint density at radius 3 is 2.71 bits per heavy atom. The maximum Gasteiger partial charge on any atom is 0.275 e. The molecule has 2 aromatic rings. The lowest BCUT2D eigenvalue weighted by atomic mass is 9.88. The topological polar surface area (TPSA) is 64.9 Å². The van der Waals surface area contributed by atoms with E-state index < -0.39 is 5.91 Å². The molecule has 0 aromatic heterocycles. The monoisotopic (exact) mass is 397 g/mol. The van der Waals surface area contributed by atoms with E-state index in [2.05, 4.69) is 49.2 Å². The normalized spacial score (nSPS) is 15.3. The standard InChI is InChI=1S/C22H24ClN3O2/c1-5-26-19-11-18(23)15(10-17(19)14(2)12-22(26,3)4)13-24-25-21(28)16-8-6-7-9-20(16)27/h6-13,27H,5H2,1-4H3,(H,25,28)/b24-13+. The van der Waals surface area contributed by atoms with Gasteiger partial charge in [0.25, 0.3) is 5.91 Å². The summed E-state index contributed by atoms with van der Waals surface area (Å²) in [4.78, 5) is 14.5. The van der Waals surface area contributed by atoms with E-state index >= 15 is 0 Å². The Bertz CT molecular complexity index is 980. The number of allylic oxidation sites excluding steroid dienone is 1. The highest BCUT2D eigenvalue weighted by molar-refractivity contribution is 6.33. The predicted octanol–water partition coefficient (Wildman–Crippen LogP) is 4.83. The summed E-state index contributed by atoms with van der Waals surface area (Å²) in [5.41, 5.74) is 6.57. The van der Waals surface area contributed by atoms with Crippen LogP contribution in [0.5, 0.6) is 5.75 Å². The Morgan fingerprint density at radius 1 is 1.32 bits per heavy atom. The Labute approximate surface area is 170 Å². The molecule has 0 unspecified atom stereocenters. The van der Waals surface area contributed by atoms with Crippen LogP contribution in [-0.2, 0) is 0 Å². The SMILES string of the molecule is CCN1c2cc(Cl)c(/C=N/NC(=O)c3ccccc3O)cc2C(C)=CC1(C)C. The van der Waals surface area contributed by atoms with Gasteiger partial charge in [0, 0.05) is 23.4 Å². The first kappa shape index (κ1) is 20.0. The molecular weight excluding hydrogens is 374 g/mol. The first-order valence-corrected chi connectivity index (χ1v) is 9.55. The van der Waals surface area contributed by atoms with E-state index in [-0.39, 0.29) is 16.9 Å². The number of phenolic OH excluding ortho intramolecular Hbond substituents is 1. The second-order valence-electron chi connectivity index (χ2n) is 7.33. The van der Waals surface area contributed by atoms with E-state index in [1.807, 2.05) is 12.1 Å². The van der Waals surface area contributed by atoms with Gasteiger partial charge in [-0.1, -0.05) is 29.8 Å². The maximum atomic E-state index is 12.1. The van der Waals surface area contributed by atoms with Crippen molar-refractivity contribution in [1.29, 1.82) is 0 Å². The first-order valence-electron chi connectivity index (χ1n) is 9.17. The molecule has 1 aliphatic heterocycles. The van der Waals surface area contributed by atoms with E-state index in [1.165, 1.54) is 23.9 Å². The number of halogens is 1. The minimum absolute atomic E-state index is 0.0869. The minimum Gasteiger partial charge on any atom is -0.507 e. The van der Waals surface area contributed by atoms with Crippen molar-refractivity contribution in [3.05, 3.63) is 64.2 Å². The number of carbonyl (C=O) groups is 1. The molecule has 0 aliphatic carbocycles. The number of hydrogen-bond acceptors (Lipinski definition) is 4. The van der Waals surface area contributed by atoms with Crippen molar-refractivity contribution in [3.8, 4) is 5.75 Å². The number of anilines is 1. The molecule has 0 saturated carbocycles. The predicted molar refractivity (Wildman–Crippen MR) is 115 cm³/mol. The lowest BCUT2D eigenvalue weighted by Gasteiger charge is -2.43. The van der Waals surface area contributed by atoms with Crippen molar-refractivity contribution < 1.29 is 9.90 Å². The Hall–Kier alpha value is -2.79. The number of hydrazone groups is 1. The van der Waals surface area contributed by atoms with Gasteiger partial charge in [0.15, 0.2) is 0 Å². The summed E-state index contributed by atoms with van der Waals surface area (Å²) in [7, 11) is 0. The molecule has 1 heterocycles. The highest BCUT2D eigenvalue weighted by Gasteiger charge is 2.30. The lowest BCUT2D eigenvalue weighted by Crippen LogP contribution is -2.44. The van der Waals surface area contributed by atoms with Gasteiger partial charge in [-0.2, -0.15) is 5.10 Å². The third-order valence-corrected chi connectivity index (χ3v) is 5.26. The number of nitrogens with zero attached hydrogens (tertiary/aromatic N) is 2. The number of benzene rings is 2. The molecule has 0 spiro atoms. The van der Waals surface area contributed by atoms with Gasteiger partial charge in [-0.25, -0.2) is 5.43 Å². The summed E-state index contributed by atoms with van der Waals surface area (Å²) in [5.74, 6) is -0.580. The van der Waals surface area contributed by atoms with Crippen molar-refractivity contribution in [2.45, 2.75) is 33.2 Å². The zero-order chi connectivity index (χ0) is 20.5. The number of carbonyl (C=O) groups excluding carboxylic acids is 1. The van der Waals surface area contributed by atoms with Crippen molar-refractivity contribution in [3.63, 3.8) is 0 Å². The molecule has 0 fully saturated rings. The number of para-hydroxylation sites is 1. The fraction of sp³-hybridized carbons (Fsp3) is 0.273. The van der Waals surface area contributed by atoms with Crippen molar-refractivity contribution in [2.24, 2.45) is 5.10 Å². The highest BCUT2D eigenvalue weighted by atomic mass is 35.5. The highest BCUT2D eigenvalue weighted by Crippen LogP contribution is 2.40. The number of rotatable bonds is 4. The van der Waals surface area contributed by atoms with E-state index in [9.17, 15) is 9.90 Å². The molecular formula is C22H24ClN3O2. The zero-order valence-electron chi connectivity index (χ0n) is 16.5. The summed E-state index contributed by atoms with van der Waals surface area (Å²) in [6, 6.07) is 10.2. The van der Waals surface area contributed by atoms with Crippen molar-refractivity contribution in [1.82, 2.24) is 5.43 Å². The van der Waals surface area contributed by atoms with Gasteiger partial charge in [0.1, 0.15) is 5.75 Å². The van der Waals surface area contributed by atoms with Gasteiger partial charge in [0.2, 0.25) is 0 Å². The van der Waals surface area contributed by atoms with Crippen LogP contribution in [0.1, 0.15) is 49.2 Å². The quantitative estimate of drug-likeness (QED) is 0.573. The second-order valence-corrected chi connectivity index (χ2v) is 7.74. The van der Waals surface area contributed by atoms with Gasteiger partial charge in [-0.15, -0.1) is 0 Å². The Balaban J connectivity index is 1.87. The Morgan fingerprint density at radius 2 is 2.04 bits per heavy atom. The first-order chi connectivity index (χ1) is 13.2. The molecule has 1 amide bonds. The van der Waals surface area contributed by atoms with Crippen LogP contribution >= 0.6 is 11.6 Å². The van der Waals surface area contributed by atoms with Gasteiger partial charge in [0.05, 0.1) is 22.3 Å². The minimum atomic E-state index is -0.488. The van der Waals surface area contributed by atoms with E-state index in [1.54, 1.807) is 12.1 Å². The summed E-state index contributed by atoms with van der Waals surface area (Å²) in [6.07, 6.45) is 3.76. The van der Waals surface area contributed by atoms with Crippen LogP contribution in [0.3, 0.4) is 0 Å². The smallest absolute Gasteiger partial charge is 0.275 e. The molecule has 2 aromatic carbocycles. The van der Waals surface area contributed by atoms with Crippen LogP contribution in [0.25, 0.3) is 5.57 Å². The molecule has 146 valence electrons. The Kier molecular flexibility index (Phi) is 5.47. The molecule has 0 bridgehead atoms. The number of nitrogens with one attached hydrogen (secondary N) is 1. The molecule has 28 heavy (non-hydrogen) atoms. The van der Waals surface area contributed by atoms with Gasteiger partial charge in [-0.3, -0.25) is 4.79 Å². The molecule has 3 rings (SSSR count). The molecule has 2 N–H and O–H groups in total. The summed E-state index contributed by atoms with van der Waals surface area (Å²) in [5, 5.41) is 14.3. The summed E-state index contributed by atoms with van der Waals surface area (Å²) in [6.45, 7) is 9.44. The number of phenols is 1. The summed E-state index contributed by atoms with van der Waals surface area (Å²) < 4.78 is 0. The van der Waals surface area contributed by atoms with E-state index in [0.29, 0.717) is 10.6 Å². The van der Waals surface area contributed by atoms with Crippen LogP contribution in [0.2, 0.25) is 5.02 Å². The number of hydrogen-bond donors (Lipinski definition) is 2. The second kappa shape index (κ2) is 7.68. The summed E-state index contributed by atoms with van der Waals surface area (Å²) >= 11 is 6.49. The van der Waals surface area contributed by atoms with E-state index in [4.69, 9.17) is 11.6 Å². The average Bonchev–Trinajstić information content (AvgIpc) is 2.62. The number of amides is 1.